The zero-order valence-corrected chi connectivity index (χ0v) is 13.0. The topological polar surface area (TPSA) is 66.8 Å². The smallest absolute Gasteiger partial charge is 0.332 e. The molecule has 1 amide bonds. The number of hydrogen-bond acceptors (Lipinski definition) is 3. The Labute approximate surface area is 131 Å². The van der Waals surface area contributed by atoms with Gasteiger partial charge in [-0.3, -0.25) is 4.79 Å². The van der Waals surface area contributed by atoms with Crippen molar-refractivity contribution in [3.8, 4) is 0 Å². The molecule has 2 heterocycles. The Morgan fingerprint density at radius 1 is 1.24 bits per heavy atom. The van der Waals surface area contributed by atoms with E-state index in [9.17, 15) is 9.59 Å². The number of halogens is 1. The lowest BCUT2D eigenvalue weighted by Gasteiger charge is -2.30. The molecule has 1 aromatic rings. The van der Waals surface area contributed by atoms with E-state index in [0.717, 1.165) is 16.5 Å². The number of rotatable bonds is 2. The molecule has 0 saturated carbocycles. The number of nitrogens with zero attached hydrogens (tertiary/aromatic N) is 1. The largest absolute Gasteiger partial charge is 0.479 e. The summed E-state index contributed by atoms with van der Waals surface area (Å²) in [5, 5.41) is 8.92. The molecule has 0 radical (unpaired) electrons. The maximum absolute atomic E-state index is 12.4. The van der Waals surface area contributed by atoms with Gasteiger partial charge in [0.1, 0.15) is 6.10 Å². The van der Waals surface area contributed by atoms with Gasteiger partial charge < -0.3 is 14.7 Å². The quantitative estimate of drug-likeness (QED) is 0.882. The molecule has 1 aromatic carbocycles. The summed E-state index contributed by atoms with van der Waals surface area (Å²) >= 11 is 3.45. The molecule has 6 heteroatoms. The van der Waals surface area contributed by atoms with Gasteiger partial charge in [-0.25, -0.2) is 4.79 Å². The van der Waals surface area contributed by atoms with E-state index in [4.69, 9.17) is 9.84 Å². The fraction of sp³-hybridized carbons (Fsp3) is 0.467. The number of fused-ring (bicyclic) bond motifs is 1. The molecule has 0 aromatic heterocycles. The molecular formula is C15H16BrNO4. The molecule has 1 N–H and O–H groups in total. The van der Waals surface area contributed by atoms with Crippen LogP contribution in [-0.2, 0) is 27.3 Å². The molecule has 2 atom stereocenters. The van der Waals surface area contributed by atoms with Crippen molar-refractivity contribution in [2.45, 2.75) is 38.0 Å². The van der Waals surface area contributed by atoms with Crippen molar-refractivity contribution in [3.05, 3.63) is 33.8 Å². The summed E-state index contributed by atoms with van der Waals surface area (Å²) in [5.41, 5.74) is 2.40. The first kappa shape index (κ1) is 14.5. The first-order valence-corrected chi connectivity index (χ1v) is 7.78. The second-order valence-electron chi connectivity index (χ2n) is 5.45. The summed E-state index contributed by atoms with van der Waals surface area (Å²) in [6.45, 7) is 1.22. The first-order chi connectivity index (χ1) is 10.0. The SMILES string of the molecule is O=C(O)[C@H]1CC[C@@H](C(=O)N2CCc3cc(Br)ccc3C2)O1. The van der Waals surface area contributed by atoms with Crippen LogP contribution in [-0.4, -0.2) is 40.6 Å². The molecule has 2 aliphatic rings. The van der Waals surface area contributed by atoms with Crippen LogP contribution >= 0.6 is 15.9 Å². The Bertz CT molecular complexity index is 589. The predicted molar refractivity (Wildman–Crippen MR) is 78.8 cm³/mol. The highest BCUT2D eigenvalue weighted by molar-refractivity contribution is 9.10. The van der Waals surface area contributed by atoms with E-state index in [1.165, 1.54) is 5.56 Å². The molecule has 0 unspecified atom stereocenters. The minimum Gasteiger partial charge on any atom is -0.479 e. The highest BCUT2D eigenvalue weighted by Gasteiger charge is 2.37. The van der Waals surface area contributed by atoms with E-state index >= 15 is 0 Å². The molecule has 0 spiro atoms. The van der Waals surface area contributed by atoms with Crippen molar-refractivity contribution < 1.29 is 19.4 Å². The summed E-state index contributed by atoms with van der Waals surface area (Å²) in [6.07, 6.45) is 0.258. The highest BCUT2D eigenvalue weighted by atomic mass is 79.9. The van der Waals surface area contributed by atoms with Crippen molar-refractivity contribution in [1.29, 1.82) is 0 Å². The number of carbonyl (C=O) groups excluding carboxylic acids is 1. The average molecular weight is 354 g/mol. The van der Waals surface area contributed by atoms with Gasteiger partial charge in [0, 0.05) is 17.6 Å². The Kier molecular flexibility index (Phi) is 3.99. The third-order valence-electron chi connectivity index (χ3n) is 4.06. The van der Waals surface area contributed by atoms with E-state index in [1.807, 2.05) is 12.1 Å². The number of carboxylic acid groups (broad SMARTS) is 1. The minimum absolute atomic E-state index is 0.0904. The Morgan fingerprint density at radius 2 is 2.00 bits per heavy atom. The molecule has 0 aliphatic carbocycles. The average Bonchev–Trinajstić information content (AvgIpc) is 2.96. The van der Waals surface area contributed by atoms with Crippen LogP contribution in [0.2, 0.25) is 0 Å². The number of benzene rings is 1. The molecule has 112 valence electrons. The summed E-state index contributed by atoms with van der Waals surface area (Å²) in [4.78, 5) is 25.1. The number of ether oxygens (including phenoxy) is 1. The maximum Gasteiger partial charge on any atom is 0.332 e. The van der Waals surface area contributed by atoms with Crippen molar-refractivity contribution in [3.63, 3.8) is 0 Å². The Hall–Kier alpha value is -1.40. The Balaban J connectivity index is 1.67. The number of amides is 1. The van der Waals surface area contributed by atoms with Crippen LogP contribution in [0.1, 0.15) is 24.0 Å². The fourth-order valence-electron chi connectivity index (χ4n) is 2.91. The molecule has 1 saturated heterocycles. The van der Waals surface area contributed by atoms with Crippen LogP contribution in [0, 0.1) is 0 Å². The van der Waals surface area contributed by atoms with E-state index < -0.39 is 18.2 Å². The molecular weight excluding hydrogens is 338 g/mol. The molecule has 2 aliphatic heterocycles. The van der Waals surface area contributed by atoms with Gasteiger partial charge in [-0.05, 0) is 42.5 Å². The summed E-state index contributed by atoms with van der Waals surface area (Å²) in [5.74, 6) is -1.08. The monoisotopic (exact) mass is 353 g/mol. The highest BCUT2D eigenvalue weighted by Crippen LogP contribution is 2.26. The molecule has 5 nitrogen and oxygen atoms in total. The number of carboxylic acids is 1. The van der Waals surface area contributed by atoms with Gasteiger partial charge in [0.2, 0.25) is 0 Å². The molecule has 1 fully saturated rings. The van der Waals surface area contributed by atoms with Crippen LogP contribution < -0.4 is 0 Å². The van der Waals surface area contributed by atoms with Crippen LogP contribution in [0.15, 0.2) is 22.7 Å². The van der Waals surface area contributed by atoms with Gasteiger partial charge in [0.05, 0.1) is 0 Å². The van der Waals surface area contributed by atoms with E-state index in [1.54, 1.807) is 4.90 Å². The zero-order valence-electron chi connectivity index (χ0n) is 11.4. The standard InChI is InChI=1S/C15H16BrNO4/c16-11-2-1-10-8-17(6-5-9(10)7-11)14(18)12-3-4-13(21-12)15(19)20/h1-2,7,12-13H,3-6,8H2,(H,19,20)/t12-,13+/m0/s1. The van der Waals surface area contributed by atoms with Gasteiger partial charge in [-0.1, -0.05) is 22.0 Å². The van der Waals surface area contributed by atoms with Gasteiger partial charge in [0.25, 0.3) is 5.91 Å². The maximum atomic E-state index is 12.4. The molecule has 0 bridgehead atoms. The van der Waals surface area contributed by atoms with Gasteiger partial charge in [-0.15, -0.1) is 0 Å². The van der Waals surface area contributed by atoms with Crippen LogP contribution in [0.5, 0.6) is 0 Å². The lowest BCUT2D eigenvalue weighted by molar-refractivity contribution is -0.155. The second kappa shape index (κ2) is 5.77. The van der Waals surface area contributed by atoms with Crippen LogP contribution in [0.3, 0.4) is 0 Å². The third kappa shape index (κ3) is 2.96. The first-order valence-electron chi connectivity index (χ1n) is 6.99. The number of aliphatic carboxylic acids is 1. The third-order valence-corrected chi connectivity index (χ3v) is 4.56. The van der Waals surface area contributed by atoms with E-state index in [0.29, 0.717) is 25.9 Å². The fourth-order valence-corrected chi connectivity index (χ4v) is 3.32. The van der Waals surface area contributed by atoms with Crippen LogP contribution in [0.25, 0.3) is 0 Å². The number of carbonyl (C=O) groups is 2. The molecule has 21 heavy (non-hydrogen) atoms. The summed E-state index contributed by atoms with van der Waals surface area (Å²) in [7, 11) is 0. The van der Waals surface area contributed by atoms with E-state index in [-0.39, 0.29) is 5.91 Å². The lowest BCUT2D eigenvalue weighted by Crippen LogP contribution is -2.42. The van der Waals surface area contributed by atoms with Crippen molar-refractivity contribution in [2.24, 2.45) is 0 Å². The van der Waals surface area contributed by atoms with Gasteiger partial charge >= 0.3 is 5.97 Å². The van der Waals surface area contributed by atoms with Gasteiger partial charge in [-0.2, -0.15) is 0 Å². The van der Waals surface area contributed by atoms with E-state index in [2.05, 4.69) is 22.0 Å². The normalized spacial score (nSPS) is 24.7. The Morgan fingerprint density at radius 3 is 2.71 bits per heavy atom. The van der Waals surface area contributed by atoms with Gasteiger partial charge in [0.15, 0.2) is 6.10 Å². The second-order valence-corrected chi connectivity index (χ2v) is 6.37. The molecule has 3 rings (SSSR count). The van der Waals surface area contributed by atoms with Crippen molar-refractivity contribution >= 4 is 27.8 Å². The zero-order chi connectivity index (χ0) is 15.0. The van der Waals surface area contributed by atoms with Crippen molar-refractivity contribution in [2.75, 3.05) is 6.54 Å². The number of hydrogen-bond donors (Lipinski definition) is 1. The lowest BCUT2D eigenvalue weighted by atomic mass is 9.99. The van der Waals surface area contributed by atoms with Crippen LogP contribution in [0.4, 0.5) is 0 Å². The predicted octanol–water partition coefficient (Wildman–Crippen LogP) is 1.97. The van der Waals surface area contributed by atoms with Crippen molar-refractivity contribution in [1.82, 2.24) is 4.90 Å². The summed E-state index contributed by atoms with van der Waals surface area (Å²) in [6, 6.07) is 6.08. The minimum atomic E-state index is -0.987. The summed E-state index contributed by atoms with van der Waals surface area (Å²) < 4.78 is 6.39.